The average molecular weight is 229 g/mol. The molecule has 0 aliphatic carbocycles. The fourth-order valence-corrected chi connectivity index (χ4v) is 2.73. The second kappa shape index (κ2) is 5.48. The molecule has 16 heavy (non-hydrogen) atoms. The largest absolute Gasteiger partial charge is 0.396 e. The smallest absolute Gasteiger partial charge is 0.0631 e. The lowest BCUT2D eigenvalue weighted by atomic mass is 9.78. The highest BCUT2D eigenvalue weighted by molar-refractivity contribution is 4.88. The van der Waals surface area contributed by atoms with Crippen LogP contribution in [-0.4, -0.2) is 30.0 Å². The molecule has 0 aromatic heterocycles. The Hall–Kier alpha value is -0.120. The van der Waals surface area contributed by atoms with E-state index in [0.717, 1.165) is 32.1 Å². The summed E-state index contributed by atoms with van der Waals surface area (Å²) in [5, 5.41) is 9.56. The van der Waals surface area contributed by atoms with Crippen LogP contribution in [0.3, 0.4) is 0 Å². The molecule has 1 rings (SSSR count). The van der Waals surface area contributed by atoms with E-state index in [4.69, 9.17) is 10.5 Å². The molecule has 1 saturated heterocycles. The van der Waals surface area contributed by atoms with E-state index in [1.165, 1.54) is 0 Å². The molecule has 0 aromatic carbocycles. The van der Waals surface area contributed by atoms with Crippen LogP contribution in [0.4, 0.5) is 0 Å². The topological polar surface area (TPSA) is 55.5 Å². The van der Waals surface area contributed by atoms with Crippen LogP contribution in [0.5, 0.6) is 0 Å². The van der Waals surface area contributed by atoms with Gasteiger partial charge in [-0.2, -0.15) is 0 Å². The zero-order valence-electron chi connectivity index (χ0n) is 11.0. The highest BCUT2D eigenvalue weighted by Gasteiger charge is 2.37. The van der Waals surface area contributed by atoms with Gasteiger partial charge in [-0.15, -0.1) is 0 Å². The summed E-state index contributed by atoms with van der Waals surface area (Å²) < 4.78 is 5.99. The van der Waals surface area contributed by atoms with Crippen LogP contribution in [0.15, 0.2) is 0 Å². The minimum Gasteiger partial charge on any atom is -0.396 e. The first kappa shape index (κ1) is 13.9. The minimum atomic E-state index is -0.125. The highest BCUT2D eigenvalue weighted by Crippen LogP contribution is 2.37. The Morgan fingerprint density at radius 2 is 2.19 bits per heavy atom. The quantitative estimate of drug-likeness (QED) is 0.733. The second-order valence-corrected chi connectivity index (χ2v) is 5.85. The van der Waals surface area contributed by atoms with Crippen LogP contribution in [0, 0.1) is 5.41 Å². The first-order chi connectivity index (χ1) is 7.47. The van der Waals surface area contributed by atoms with Gasteiger partial charge in [0, 0.05) is 18.6 Å². The van der Waals surface area contributed by atoms with Crippen LogP contribution < -0.4 is 5.73 Å². The lowest BCUT2D eigenvalue weighted by molar-refractivity contribution is -0.0441. The van der Waals surface area contributed by atoms with Gasteiger partial charge in [0.1, 0.15) is 0 Å². The SMILES string of the molecule is CCCC(CN)(CO)CC1CCC(C)(C)O1. The monoisotopic (exact) mass is 229 g/mol. The molecule has 3 heteroatoms. The van der Waals surface area contributed by atoms with E-state index in [0.29, 0.717) is 6.54 Å². The van der Waals surface area contributed by atoms with Gasteiger partial charge in [0.05, 0.1) is 11.7 Å². The van der Waals surface area contributed by atoms with Crippen LogP contribution in [0.2, 0.25) is 0 Å². The molecule has 0 bridgehead atoms. The van der Waals surface area contributed by atoms with Crippen molar-refractivity contribution in [2.75, 3.05) is 13.2 Å². The van der Waals surface area contributed by atoms with Gasteiger partial charge in [-0.05, 0) is 39.5 Å². The Morgan fingerprint density at radius 1 is 1.50 bits per heavy atom. The number of hydrogen-bond acceptors (Lipinski definition) is 3. The van der Waals surface area contributed by atoms with Crippen molar-refractivity contribution in [3.05, 3.63) is 0 Å². The van der Waals surface area contributed by atoms with Crippen molar-refractivity contribution in [2.24, 2.45) is 11.1 Å². The number of ether oxygens (including phenoxy) is 1. The summed E-state index contributed by atoms with van der Waals surface area (Å²) in [7, 11) is 0. The van der Waals surface area contributed by atoms with E-state index >= 15 is 0 Å². The van der Waals surface area contributed by atoms with E-state index in [1.54, 1.807) is 0 Å². The van der Waals surface area contributed by atoms with Crippen LogP contribution in [0.25, 0.3) is 0 Å². The molecule has 0 spiro atoms. The Balaban J connectivity index is 2.55. The zero-order valence-corrected chi connectivity index (χ0v) is 11.0. The van der Waals surface area contributed by atoms with Crippen LogP contribution >= 0.6 is 0 Å². The molecular formula is C13H27NO2. The van der Waals surface area contributed by atoms with E-state index in [-0.39, 0.29) is 23.7 Å². The van der Waals surface area contributed by atoms with E-state index in [2.05, 4.69) is 20.8 Å². The van der Waals surface area contributed by atoms with Crippen molar-refractivity contribution in [1.29, 1.82) is 0 Å². The Labute approximate surface area is 99.4 Å². The summed E-state index contributed by atoms with van der Waals surface area (Å²) in [6.07, 6.45) is 5.43. The molecule has 1 aliphatic heterocycles. The molecule has 2 unspecified atom stereocenters. The Kier molecular flexibility index (Phi) is 4.77. The Morgan fingerprint density at radius 3 is 2.56 bits per heavy atom. The van der Waals surface area contributed by atoms with Gasteiger partial charge in [0.2, 0.25) is 0 Å². The predicted octanol–water partition coefficient (Wildman–Crippen LogP) is 2.07. The number of hydrogen-bond donors (Lipinski definition) is 2. The zero-order chi connectivity index (χ0) is 12.2. The number of rotatable bonds is 6. The van der Waals surface area contributed by atoms with Crippen LogP contribution in [-0.2, 0) is 4.74 Å². The van der Waals surface area contributed by atoms with Crippen molar-refractivity contribution < 1.29 is 9.84 Å². The van der Waals surface area contributed by atoms with Gasteiger partial charge in [0.25, 0.3) is 0 Å². The van der Waals surface area contributed by atoms with Crippen molar-refractivity contribution in [3.8, 4) is 0 Å². The third kappa shape index (κ3) is 3.44. The molecule has 3 nitrogen and oxygen atoms in total. The maximum atomic E-state index is 9.56. The lowest BCUT2D eigenvalue weighted by Gasteiger charge is -2.33. The molecule has 0 amide bonds. The molecule has 1 heterocycles. The van der Waals surface area contributed by atoms with Gasteiger partial charge >= 0.3 is 0 Å². The lowest BCUT2D eigenvalue weighted by Crippen LogP contribution is -2.38. The van der Waals surface area contributed by atoms with Crippen molar-refractivity contribution >= 4 is 0 Å². The molecule has 3 N–H and O–H groups in total. The van der Waals surface area contributed by atoms with E-state index in [9.17, 15) is 5.11 Å². The van der Waals surface area contributed by atoms with Gasteiger partial charge in [-0.1, -0.05) is 13.3 Å². The maximum absolute atomic E-state index is 9.56. The van der Waals surface area contributed by atoms with Gasteiger partial charge < -0.3 is 15.6 Å². The molecule has 1 aliphatic rings. The highest BCUT2D eigenvalue weighted by atomic mass is 16.5. The Bertz CT molecular complexity index is 212. The summed E-state index contributed by atoms with van der Waals surface area (Å²) in [4.78, 5) is 0. The number of nitrogens with two attached hydrogens (primary N) is 1. The summed E-state index contributed by atoms with van der Waals surface area (Å²) in [5.74, 6) is 0. The van der Waals surface area contributed by atoms with E-state index in [1.807, 2.05) is 0 Å². The normalized spacial score (nSPS) is 27.9. The maximum Gasteiger partial charge on any atom is 0.0631 e. The first-order valence-electron chi connectivity index (χ1n) is 6.46. The van der Waals surface area contributed by atoms with E-state index < -0.39 is 0 Å². The van der Waals surface area contributed by atoms with Crippen molar-refractivity contribution in [3.63, 3.8) is 0 Å². The summed E-state index contributed by atoms with van der Waals surface area (Å²) in [6.45, 7) is 7.14. The van der Waals surface area contributed by atoms with Gasteiger partial charge in [-0.3, -0.25) is 0 Å². The average Bonchev–Trinajstić information content (AvgIpc) is 2.57. The molecule has 2 atom stereocenters. The molecule has 0 aromatic rings. The first-order valence-corrected chi connectivity index (χ1v) is 6.46. The summed E-state index contributed by atoms with van der Waals surface area (Å²) >= 11 is 0. The molecule has 0 saturated carbocycles. The fourth-order valence-electron chi connectivity index (χ4n) is 2.73. The predicted molar refractivity (Wildman–Crippen MR) is 66.3 cm³/mol. The standard InChI is InChI=1S/C13H27NO2/c1-4-6-13(9-14,10-15)8-11-5-7-12(2,3)16-11/h11,15H,4-10,14H2,1-3H3. The molecular weight excluding hydrogens is 202 g/mol. The minimum absolute atomic E-state index is 0.00662. The summed E-state index contributed by atoms with van der Waals surface area (Å²) in [6, 6.07) is 0. The van der Waals surface area contributed by atoms with Crippen molar-refractivity contribution in [2.45, 2.75) is 64.6 Å². The van der Waals surface area contributed by atoms with Crippen LogP contribution in [0.1, 0.15) is 52.9 Å². The molecule has 96 valence electrons. The fraction of sp³-hybridized carbons (Fsp3) is 1.00. The van der Waals surface area contributed by atoms with Gasteiger partial charge in [0.15, 0.2) is 0 Å². The third-order valence-electron chi connectivity index (χ3n) is 3.76. The number of aliphatic hydroxyl groups excluding tert-OH is 1. The number of aliphatic hydroxyl groups is 1. The second-order valence-electron chi connectivity index (χ2n) is 5.85. The van der Waals surface area contributed by atoms with Crippen molar-refractivity contribution in [1.82, 2.24) is 0 Å². The molecule has 1 fully saturated rings. The third-order valence-corrected chi connectivity index (χ3v) is 3.76. The molecule has 0 radical (unpaired) electrons. The van der Waals surface area contributed by atoms with Gasteiger partial charge in [-0.25, -0.2) is 0 Å². The summed E-state index contributed by atoms with van der Waals surface area (Å²) in [5.41, 5.74) is 5.72.